The smallest absolute Gasteiger partial charge is 0.306 e. The SMILES string of the molecule is Cc1ccc(COC(=O)CCCN2C(=O)c3ccc(C)cc3C2=O)cc1. The molecule has 5 heteroatoms. The largest absolute Gasteiger partial charge is 0.461 e. The lowest BCUT2D eigenvalue weighted by Crippen LogP contribution is -2.31. The van der Waals surface area contributed by atoms with Crippen LogP contribution >= 0.6 is 0 Å². The molecule has 134 valence electrons. The van der Waals surface area contributed by atoms with Crippen LogP contribution in [0.3, 0.4) is 0 Å². The van der Waals surface area contributed by atoms with Crippen LogP contribution in [0.25, 0.3) is 0 Å². The molecular formula is C21H21NO4. The maximum Gasteiger partial charge on any atom is 0.306 e. The van der Waals surface area contributed by atoms with Gasteiger partial charge < -0.3 is 4.74 Å². The van der Waals surface area contributed by atoms with Gasteiger partial charge in [0, 0.05) is 13.0 Å². The van der Waals surface area contributed by atoms with Crippen LogP contribution in [0, 0.1) is 13.8 Å². The van der Waals surface area contributed by atoms with Crippen molar-refractivity contribution in [2.75, 3.05) is 6.54 Å². The van der Waals surface area contributed by atoms with E-state index in [2.05, 4.69) is 0 Å². The van der Waals surface area contributed by atoms with Crippen LogP contribution in [-0.2, 0) is 16.1 Å². The molecule has 0 saturated heterocycles. The number of carbonyl (C=O) groups is 3. The lowest BCUT2D eigenvalue weighted by molar-refractivity contribution is -0.145. The number of aryl methyl sites for hydroxylation is 2. The first-order valence-electron chi connectivity index (χ1n) is 8.64. The topological polar surface area (TPSA) is 63.7 Å². The predicted molar refractivity (Wildman–Crippen MR) is 96.8 cm³/mol. The number of imide groups is 1. The molecule has 0 N–H and O–H groups in total. The van der Waals surface area contributed by atoms with E-state index in [4.69, 9.17) is 4.74 Å². The van der Waals surface area contributed by atoms with Crippen molar-refractivity contribution in [3.63, 3.8) is 0 Å². The molecular weight excluding hydrogens is 330 g/mol. The van der Waals surface area contributed by atoms with Gasteiger partial charge in [0.15, 0.2) is 0 Å². The van der Waals surface area contributed by atoms with Gasteiger partial charge >= 0.3 is 5.97 Å². The fraction of sp³-hybridized carbons (Fsp3) is 0.286. The van der Waals surface area contributed by atoms with E-state index in [1.807, 2.05) is 44.2 Å². The molecule has 1 heterocycles. The summed E-state index contributed by atoms with van der Waals surface area (Å²) in [5.41, 5.74) is 3.89. The molecule has 0 aromatic heterocycles. The van der Waals surface area contributed by atoms with E-state index in [9.17, 15) is 14.4 Å². The van der Waals surface area contributed by atoms with Gasteiger partial charge in [0.1, 0.15) is 6.61 Å². The Labute approximate surface area is 152 Å². The number of rotatable bonds is 6. The summed E-state index contributed by atoms with van der Waals surface area (Å²) < 4.78 is 5.24. The Morgan fingerprint density at radius 1 is 0.923 bits per heavy atom. The van der Waals surface area contributed by atoms with Crippen LogP contribution in [0.2, 0.25) is 0 Å². The van der Waals surface area contributed by atoms with Crippen LogP contribution in [0.4, 0.5) is 0 Å². The van der Waals surface area contributed by atoms with Crippen molar-refractivity contribution in [2.45, 2.75) is 33.3 Å². The first kappa shape index (κ1) is 17.9. The monoisotopic (exact) mass is 351 g/mol. The average molecular weight is 351 g/mol. The Hall–Kier alpha value is -2.95. The van der Waals surface area contributed by atoms with Crippen LogP contribution < -0.4 is 0 Å². The normalized spacial score (nSPS) is 13.1. The highest BCUT2D eigenvalue weighted by molar-refractivity contribution is 6.21. The summed E-state index contributed by atoms with van der Waals surface area (Å²) in [6.07, 6.45) is 0.551. The molecule has 0 saturated carbocycles. The first-order valence-corrected chi connectivity index (χ1v) is 8.64. The number of amides is 2. The van der Waals surface area contributed by atoms with Crippen LogP contribution in [-0.4, -0.2) is 29.2 Å². The van der Waals surface area contributed by atoms with Crippen molar-refractivity contribution in [1.29, 1.82) is 0 Å². The van der Waals surface area contributed by atoms with Gasteiger partial charge in [-0.3, -0.25) is 19.3 Å². The molecule has 0 aliphatic carbocycles. The Morgan fingerprint density at radius 3 is 2.31 bits per heavy atom. The van der Waals surface area contributed by atoms with Crippen molar-refractivity contribution in [2.24, 2.45) is 0 Å². The van der Waals surface area contributed by atoms with Crippen LogP contribution in [0.15, 0.2) is 42.5 Å². The zero-order valence-electron chi connectivity index (χ0n) is 15.0. The Kier molecular flexibility index (Phi) is 5.16. The molecule has 2 aromatic carbocycles. The summed E-state index contributed by atoms with van der Waals surface area (Å²) in [5, 5.41) is 0. The van der Waals surface area contributed by atoms with E-state index in [0.717, 1.165) is 16.7 Å². The van der Waals surface area contributed by atoms with Crippen molar-refractivity contribution >= 4 is 17.8 Å². The van der Waals surface area contributed by atoms with Crippen molar-refractivity contribution < 1.29 is 19.1 Å². The molecule has 0 spiro atoms. The van der Waals surface area contributed by atoms with Gasteiger partial charge in [-0.05, 0) is 38.0 Å². The number of hydrogen-bond donors (Lipinski definition) is 0. The highest BCUT2D eigenvalue weighted by Gasteiger charge is 2.34. The minimum Gasteiger partial charge on any atom is -0.461 e. The van der Waals surface area contributed by atoms with Crippen molar-refractivity contribution in [3.8, 4) is 0 Å². The Balaban J connectivity index is 1.47. The molecule has 0 atom stereocenters. The predicted octanol–water partition coefficient (Wildman–Crippen LogP) is 3.42. The molecule has 0 unspecified atom stereocenters. The zero-order chi connectivity index (χ0) is 18.7. The number of benzene rings is 2. The zero-order valence-corrected chi connectivity index (χ0v) is 15.0. The quantitative estimate of drug-likeness (QED) is 0.591. The third-order valence-electron chi connectivity index (χ3n) is 4.41. The summed E-state index contributed by atoms with van der Waals surface area (Å²) in [7, 11) is 0. The third kappa shape index (κ3) is 3.82. The van der Waals surface area contributed by atoms with Crippen molar-refractivity contribution in [1.82, 2.24) is 4.90 Å². The minimum atomic E-state index is -0.335. The number of carbonyl (C=O) groups excluding carboxylic acids is 3. The molecule has 3 rings (SSSR count). The molecule has 1 aliphatic rings. The van der Waals surface area contributed by atoms with Gasteiger partial charge in [-0.25, -0.2) is 0 Å². The van der Waals surface area contributed by atoms with Gasteiger partial charge in [-0.2, -0.15) is 0 Å². The second kappa shape index (κ2) is 7.52. The standard InChI is InChI=1S/C21H21NO4/c1-14-5-8-16(9-6-14)13-26-19(23)4-3-11-22-20(24)17-10-7-15(2)12-18(17)21(22)25/h5-10,12H,3-4,11,13H2,1-2H3. The maximum atomic E-state index is 12.4. The molecule has 0 radical (unpaired) electrons. The second-order valence-electron chi connectivity index (χ2n) is 6.56. The van der Waals surface area contributed by atoms with Gasteiger partial charge in [-0.15, -0.1) is 0 Å². The van der Waals surface area contributed by atoms with E-state index >= 15 is 0 Å². The lowest BCUT2D eigenvalue weighted by Gasteiger charge is -2.13. The maximum absolute atomic E-state index is 12.4. The number of ether oxygens (including phenoxy) is 1. The third-order valence-corrected chi connectivity index (χ3v) is 4.41. The van der Waals surface area contributed by atoms with E-state index in [1.54, 1.807) is 12.1 Å². The number of nitrogens with zero attached hydrogens (tertiary/aromatic N) is 1. The van der Waals surface area contributed by atoms with E-state index in [-0.39, 0.29) is 37.4 Å². The Bertz CT molecular complexity index is 855. The summed E-state index contributed by atoms with van der Waals surface area (Å²) in [6, 6.07) is 13.0. The molecule has 2 amide bonds. The number of hydrogen-bond acceptors (Lipinski definition) is 4. The number of fused-ring (bicyclic) bond motifs is 1. The lowest BCUT2D eigenvalue weighted by atomic mass is 10.1. The van der Waals surface area contributed by atoms with Crippen molar-refractivity contribution in [3.05, 3.63) is 70.3 Å². The molecule has 0 fully saturated rings. The summed E-state index contributed by atoms with van der Waals surface area (Å²) >= 11 is 0. The first-order chi connectivity index (χ1) is 12.5. The summed E-state index contributed by atoms with van der Waals surface area (Å²) in [6.45, 7) is 4.32. The Morgan fingerprint density at radius 2 is 1.58 bits per heavy atom. The van der Waals surface area contributed by atoms with Gasteiger partial charge in [0.05, 0.1) is 11.1 Å². The molecule has 5 nitrogen and oxygen atoms in total. The minimum absolute atomic E-state index is 0.165. The van der Waals surface area contributed by atoms with E-state index in [0.29, 0.717) is 17.5 Å². The molecule has 2 aromatic rings. The second-order valence-corrected chi connectivity index (χ2v) is 6.56. The molecule has 0 bridgehead atoms. The highest BCUT2D eigenvalue weighted by atomic mass is 16.5. The fourth-order valence-corrected chi connectivity index (χ4v) is 2.91. The summed E-state index contributed by atoms with van der Waals surface area (Å²) in [5.74, 6) is -0.919. The molecule has 1 aliphatic heterocycles. The van der Waals surface area contributed by atoms with Crippen LogP contribution in [0.5, 0.6) is 0 Å². The summed E-state index contributed by atoms with van der Waals surface area (Å²) in [4.78, 5) is 37.8. The van der Waals surface area contributed by atoms with E-state index < -0.39 is 0 Å². The molecule has 26 heavy (non-hydrogen) atoms. The van der Waals surface area contributed by atoms with Gasteiger partial charge in [-0.1, -0.05) is 41.5 Å². The number of esters is 1. The highest BCUT2D eigenvalue weighted by Crippen LogP contribution is 2.24. The average Bonchev–Trinajstić information content (AvgIpc) is 2.85. The van der Waals surface area contributed by atoms with Gasteiger partial charge in [0.2, 0.25) is 0 Å². The van der Waals surface area contributed by atoms with E-state index in [1.165, 1.54) is 4.90 Å². The fourth-order valence-electron chi connectivity index (χ4n) is 2.91. The van der Waals surface area contributed by atoms with Crippen LogP contribution in [0.1, 0.15) is 50.2 Å². The van der Waals surface area contributed by atoms with Gasteiger partial charge in [0.25, 0.3) is 11.8 Å².